The standard InChI is InChI=1S/C22H38N8O2/c1-15-20(32-17-6-4-3-5-7-17)9-8-18(27-15)21(23)19(29(2)25)14-30(26)28-22(24)16-10-12-31-13-11-16/h8-9,16-17H,3-7,10-14,23,25-26H2,1-2H3,(H2,24,28)/b21-19-. The summed E-state index contributed by atoms with van der Waals surface area (Å²) in [5.74, 6) is 13.6. The Kier molecular flexibility index (Phi) is 8.54. The van der Waals surface area contributed by atoms with Gasteiger partial charge in [-0.25, -0.2) is 21.8 Å². The predicted octanol–water partition coefficient (Wildman–Crippen LogP) is 1.41. The number of aryl methyl sites for hydroxylation is 1. The Morgan fingerprint density at radius 1 is 1.12 bits per heavy atom. The normalized spacial score (nSPS) is 19.4. The van der Waals surface area contributed by atoms with Gasteiger partial charge in [0.1, 0.15) is 11.6 Å². The lowest BCUT2D eigenvalue weighted by Gasteiger charge is -2.26. The summed E-state index contributed by atoms with van der Waals surface area (Å²) in [6.45, 7) is 3.47. The molecular weight excluding hydrogens is 408 g/mol. The monoisotopic (exact) mass is 446 g/mol. The summed E-state index contributed by atoms with van der Waals surface area (Å²) in [6.07, 6.45) is 7.84. The summed E-state index contributed by atoms with van der Waals surface area (Å²) in [5.41, 5.74) is 15.0. The van der Waals surface area contributed by atoms with Gasteiger partial charge >= 0.3 is 0 Å². The summed E-state index contributed by atoms with van der Waals surface area (Å²) in [7, 11) is 1.70. The second-order valence-corrected chi connectivity index (χ2v) is 8.64. The van der Waals surface area contributed by atoms with Gasteiger partial charge in [0, 0.05) is 26.2 Å². The minimum absolute atomic E-state index is 0.163. The molecule has 1 saturated heterocycles. The van der Waals surface area contributed by atoms with Gasteiger partial charge in [-0.3, -0.25) is 0 Å². The van der Waals surface area contributed by atoms with E-state index in [0.717, 1.165) is 37.1 Å². The zero-order chi connectivity index (χ0) is 23.1. The molecule has 1 aliphatic heterocycles. The molecule has 1 aromatic rings. The third-order valence-corrected chi connectivity index (χ3v) is 6.09. The number of ether oxygens (including phenoxy) is 2. The van der Waals surface area contributed by atoms with Crippen molar-refractivity contribution < 1.29 is 9.47 Å². The van der Waals surface area contributed by atoms with Crippen LogP contribution in [-0.2, 0) is 4.74 Å². The van der Waals surface area contributed by atoms with Gasteiger partial charge in [-0.2, -0.15) is 0 Å². The molecule has 2 aliphatic rings. The van der Waals surface area contributed by atoms with Crippen LogP contribution in [0.25, 0.3) is 5.70 Å². The van der Waals surface area contributed by atoms with E-state index in [-0.39, 0.29) is 18.6 Å². The molecule has 0 unspecified atom stereocenters. The molecular formula is C22H38N8O2. The summed E-state index contributed by atoms with van der Waals surface area (Å²) in [6, 6.07) is 3.78. The molecule has 0 spiro atoms. The number of nitrogens with two attached hydrogens (primary N) is 4. The molecule has 10 nitrogen and oxygen atoms in total. The van der Waals surface area contributed by atoms with Gasteiger partial charge < -0.3 is 25.9 Å². The number of hydrogen-bond donors (Lipinski definition) is 4. The zero-order valence-electron chi connectivity index (χ0n) is 19.3. The molecule has 3 rings (SSSR count). The van der Waals surface area contributed by atoms with Gasteiger partial charge in [-0.05, 0) is 57.6 Å². The number of pyridine rings is 1. The summed E-state index contributed by atoms with van der Waals surface area (Å²) in [5, 5.41) is 7.03. The Morgan fingerprint density at radius 3 is 2.44 bits per heavy atom. The van der Waals surface area contributed by atoms with E-state index in [0.29, 0.717) is 36.1 Å². The van der Waals surface area contributed by atoms with Crippen LogP contribution in [0.2, 0.25) is 0 Å². The fraction of sp³-hybridized carbons (Fsp3) is 0.636. The highest BCUT2D eigenvalue weighted by atomic mass is 16.5. The van der Waals surface area contributed by atoms with Crippen molar-refractivity contribution in [1.82, 2.24) is 15.1 Å². The van der Waals surface area contributed by atoms with Crippen molar-refractivity contribution in [3.63, 3.8) is 0 Å². The number of aromatic nitrogens is 1. The van der Waals surface area contributed by atoms with Crippen LogP contribution in [0.5, 0.6) is 5.75 Å². The SMILES string of the molecule is Cc1nc(/C(N)=C(\CN(N)/N=C(\N)C2CCOCC2)N(C)N)ccc1OC1CCCCC1. The highest BCUT2D eigenvalue weighted by molar-refractivity contribution is 5.82. The van der Waals surface area contributed by atoms with Crippen LogP contribution in [0.1, 0.15) is 56.3 Å². The van der Waals surface area contributed by atoms with Crippen LogP contribution in [-0.4, -0.2) is 53.9 Å². The molecule has 0 amide bonds. The van der Waals surface area contributed by atoms with Crippen molar-refractivity contribution in [2.75, 3.05) is 26.8 Å². The number of hydrazone groups is 1. The van der Waals surface area contributed by atoms with Crippen molar-refractivity contribution in [3.8, 4) is 5.75 Å². The van der Waals surface area contributed by atoms with Crippen LogP contribution < -0.4 is 27.9 Å². The van der Waals surface area contributed by atoms with E-state index in [9.17, 15) is 0 Å². The van der Waals surface area contributed by atoms with Crippen LogP contribution >= 0.6 is 0 Å². The molecule has 178 valence electrons. The lowest BCUT2D eigenvalue weighted by atomic mass is 9.98. The first-order valence-corrected chi connectivity index (χ1v) is 11.4. The average Bonchev–Trinajstić information content (AvgIpc) is 2.79. The van der Waals surface area contributed by atoms with Gasteiger partial charge in [-0.15, -0.1) is 5.10 Å². The Balaban J connectivity index is 1.72. The minimum Gasteiger partial charge on any atom is -0.489 e. The zero-order valence-corrected chi connectivity index (χ0v) is 19.3. The number of amidine groups is 1. The molecule has 0 bridgehead atoms. The van der Waals surface area contributed by atoms with Crippen molar-refractivity contribution in [2.24, 2.45) is 34.2 Å². The van der Waals surface area contributed by atoms with E-state index in [1.807, 2.05) is 19.1 Å². The first-order chi connectivity index (χ1) is 15.3. The Labute approximate surface area is 190 Å². The van der Waals surface area contributed by atoms with E-state index in [2.05, 4.69) is 10.1 Å². The lowest BCUT2D eigenvalue weighted by molar-refractivity contribution is 0.0819. The molecule has 2 fully saturated rings. The summed E-state index contributed by atoms with van der Waals surface area (Å²) in [4.78, 5) is 4.66. The molecule has 0 aromatic carbocycles. The second kappa shape index (κ2) is 11.3. The molecule has 1 aromatic heterocycles. The Morgan fingerprint density at radius 2 is 1.81 bits per heavy atom. The largest absolute Gasteiger partial charge is 0.489 e. The first-order valence-electron chi connectivity index (χ1n) is 11.4. The molecule has 8 N–H and O–H groups in total. The minimum atomic E-state index is 0.163. The smallest absolute Gasteiger partial charge is 0.140 e. The topological polar surface area (TPSA) is 154 Å². The Hall–Kier alpha value is -2.56. The summed E-state index contributed by atoms with van der Waals surface area (Å²) < 4.78 is 11.5. The average molecular weight is 447 g/mol. The van der Waals surface area contributed by atoms with Gasteiger partial charge in [0.15, 0.2) is 0 Å². The maximum atomic E-state index is 6.44. The van der Waals surface area contributed by atoms with E-state index in [1.165, 1.54) is 29.4 Å². The highest BCUT2D eigenvalue weighted by Gasteiger charge is 2.20. The van der Waals surface area contributed by atoms with Crippen LogP contribution in [0.4, 0.5) is 0 Å². The fourth-order valence-corrected chi connectivity index (χ4v) is 4.13. The van der Waals surface area contributed by atoms with Crippen LogP contribution in [0, 0.1) is 12.8 Å². The number of hydrogen-bond acceptors (Lipinski definition) is 9. The van der Waals surface area contributed by atoms with Crippen LogP contribution in [0.15, 0.2) is 22.9 Å². The first kappa shape index (κ1) is 24.1. The highest BCUT2D eigenvalue weighted by Crippen LogP contribution is 2.26. The third kappa shape index (κ3) is 6.47. The van der Waals surface area contributed by atoms with Gasteiger partial charge in [-0.1, -0.05) is 6.42 Å². The summed E-state index contributed by atoms with van der Waals surface area (Å²) >= 11 is 0. The molecule has 2 heterocycles. The van der Waals surface area contributed by atoms with Gasteiger partial charge in [0.2, 0.25) is 0 Å². The lowest BCUT2D eigenvalue weighted by Crippen LogP contribution is -2.40. The quantitative estimate of drug-likeness (QED) is 0.201. The Bertz CT molecular complexity index is 814. The number of nitrogens with zero attached hydrogens (tertiary/aromatic N) is 4. The van der Waals surface area contributed by atoms with Crippen molar-refractivity contribution >= 4 is 11.5 Å². The molecule has 0 radical (unpaired) electrons. The second-order valence-electron chi connectivity index (χ2n) is 8.64. The molecule has 10 heteroatoms. The molecule has 32 heavy (non-hydrogen) atoms. The van der Waals surface area contributed by atoms with E-state index in [1.54, 1.807) is 7.05 Å². The number of likely N-dealkylation sites (N-methyl/N-ethyl adjacent to an activating group) is 1. The molecule has 0 atom stereocenters. The number of rotatable bonds is 8. The number of hydrazine groups is 2. The molecule has 1 saturated carbocycles. The van der Waals surface area contributed by atoms with Crippen molar-refractivity contribution in [2.45, 2.75) is 58.0 Å². The maximum Gasteiger partial charge on any atom is 0.140 e. The van der Waals surface area contributed by atoms with Crippen molar-refractivity contribution in [3.05, 3.63) is 29.2 Å². The van der Waals surface area contributed by atoms with E-state index < -0.39 is 0 Å². The predicted molar refractivity (Wildman–Crippen MR) is 126 cm³/mol. The van der Waals surface area contributed by atoms with E-state index in [4.69, 9.17) is 32.6 Å². The van der Waals surface area contributed by atoms with E-state index >= 15 is 0 Å². The van der Waals surface area contributed by atoms with Gasteiger partial charge in [0.05, 0.1) is 35.4 Å². The molecule has 1 aliphatic carbocycles. The fourth-order valence-electron chi connectivity index (χ4n) is 4.13. The van der Waals surface area contributed by atoms with Crippen LogP contribution in [0.3, 0.4) is 0 Å². The van der Waals surface area contributed by atoms with Gasteiger partial charge in [0.25, 0.3) is 0 Å². The van der Waals surface area contributed by atoms with Crippen molar-refractivity contribution in [1.29, 1.82) is 0 Å². The maximum absolute atomic E-state index is 6.44. The third-order valence-electron chi connectivity index (χ3n) is 6.09.